The van der Waals surface area contributed by atoms with Gasteiger partial charge in [-0.25, -0.2) is 0 Å². The fourth-order valence-electron chi connectivity index (χ4n) is 1.61. The van der Waals surface area contributed by atoms with Gasteiger partial charge in [-0.1, -0.05) is 6.92 Å². The Balaban J connectivity index is 2.65. The van der Waals surface area contributed by atoms with Crippen molar-refractivity contribution in [3.8, 4) is 0 Å². The van der Waals surface area contributed by atoms with Gasteiger partial charge in [0.15, 0.2) is 6.29 Å². The molecule has 1 saturated heterocycles. The van der Waals surface area contributed by atoms with Crippen molar-refractivity contribution in [3.05, 3.63) is 0 Å². The summed E-state index contributed by atoms with van der Waals surface area (Å²) < 4.78 is 19.2. The lowest BCUT2D eigenvalue weighted by molar-refractivity contribution is -0.261. The highest BCUT2D eigenvalue weighted by Crippen LogP contribution is 2.28. The lowest BCUT2D eigenvalue weighted by Crippen LogP contribution is -2.45. The first-order valence-corrected chi connectivity index (χ1v) is 5.13. The molecular formula is C11H22O3. The third-order valence-electron chi connectivity index (χ3n) is 2.29. The molecule has 0 radical (unpaired) electrons. The van der Waals surface area contributed by atoms with Crippen LogP contribution in [0.1, 0.15) is 42.4 Å². The van der Waals surface area contributed by atoms with Crippen molar-refractivity contribution < 1.29 is 16.0 Å². The predicted molar refractivity (Wildman–Crippen MR) is 55.0 cm³/mol. The van der Waals surface area contributed by atoms with Gasteiger partial charge in [-0.3, -0.25) is 0 Å². The summed E-state index contributed by atoms with van der Waals surface area (Å²) in [6, 6.07) is 0. The number of aliphatic hydroxyl groups excluding tert-OH is 1. The van der Waals surface area contributed by atoms with Crippen LogP contribution < -0.4 is 0 Å². The van der Waals surface area contributed by atoms with Gasteiger partial charge in [0.2, 0.25) is 0 Å². The molecule has 1 heterocycles. The third kappa shape index (κ3) is 3.23. The van der Waals surface area contributed by atoms with Crippen LogP contribution in [0.25, 0.3) is 0 Å². The molecule has 0 aliphatic carbocycles. The van der Waals surface area contributed by atoms with E-state index in [9.17, 15) is 5.11 Å². The van der Waals surface area contributed by atoms with Crippen LogP contribution in [-0.2, 0) is 9.47 Å². The first kappa shape index (κ1) is 10.4. The Morgan fingerprint density at radius 3 is 2.43 bits per heavy atom. The Hall–Kier alpha value is -0.120. The van der Waals surface area contributed by atoms with E-state index in [1.807, 2.05) is 20.8 Å². The van der Waals surface area contributed by atoms with Gasteiger partial charge in [-0.15, -0.1) is 0 Å². The zero-order chi connectivity index (χ0) is 11.9. The molecule has 0 spiro atoms. The Bertz CT molecular complexity index is 222. The quantitative estimate of drug-likeness (QED) is 0.709. The highest BCUT2D eigenvalue weighted by Gasteiger charge is 2.34. The number of hydrogen-bond acceptors (Lipinski definition) is 3. The van der Waals surface area contributed by atoms with Crippen molar-refractivity contribution in [3.63, 3.8) is 0 Å². The molecule has 0 amide bonds. The topological polar surface area (TPSA) is 38.7 Å². The molecule has 3 heteroatoms. The maximum absolute atomic E-state index is 9.75. The van der Waals surface area contributed by atoms with E-state index in [4.69, 9.17) is 10.8 Å². The maximum Gasteiger partial charge on any atom is 0.159 e. The molecular weight excluding hydrogens is 180 g/mol. The summed E-state index contributed by atoms with van der Waals surface area (Å²) >= 11 is 0. The summed E-state index contributed by atoms with van der Waals surface area (Å²) in [4.78, 5) is 0. The molecule has 0 aromatic heterocycles. The minimum absolute atomic E-state index is 0.289. The molecule has 84 valence electrons. The van der Waals surface area contributed by atoms with Crippen molar-refractivity contribution in [1.29, 1.82) is 0 Å². The van der Waals surface area contributed by atoms with Crippen molar-refractivity contribution >= 4 is 0 Å². The molecule has 14 heavy (non-hydrogen) atoms. The van der Waals surface area contributed by atoms with Crippen LogP contribution >= 0.6 is 0 Å². The summed E-state index contributed by atoms with van der Waals surface area (Å²) in [5, 5.41) is 9.75. The highest BCUT2D eigenvalue weighted by molar-refractivity contribution is 4.78. The van der Waals surface area contributed by atoms with Gasteiger partial charge in [0.25, 0.3) is 0 Å². The van der Waals surface area contributed by atoms with E-state index >= 15 is 0 Å². The molecule has 0 saturated carbocycles. The summed E-state index contributed by atoms with van der Waals surface area (Å²) in [5.41, 5.74) is -0.289. The Morgan fingerprint density at radius 2 is 2.00 bits per heavy atom. The lowest BCUT2D eigenvalue weighted by atomic mass is 9.94. The van der Waals surface area contributed by atoms with E-state index in [1.54, 1.807) is 13.8 Å². The smallest absolute Gasteiger partial charge is 0.159 e. The van der Waals surface area contributed by atoms with Gasteiger partial charge in [-0.05, 0) is 33.6 Å². The highest BCUT2D eigenvalue weighted by atomic mass is 16.7. The zero-order valence-electron chi connectivity index (χ0n) is 10.7. The van der Waals surface area contributed by atoms with Crippen LogP contribution in [0.4, 0.5) is 0 Å². The maximum atomic E-state index is 9.75. The van der Waals surface area contributed by atoms with E-state index in [-0.39, 0.29) is 11.7 Å². The van der Waals surface area contributed by atoms with Crippen molar-refractivity contribution in [2.24, 2.45) is 5.89 Å². The Labute approximate surface area is 87.8 Å². The molecule has 1 rings (SSSR count). The number of rotatable bonds is 1. The van der Waals surface area contributed by atoms with E-state index in [0.29, 0.717) is 6.42 Å². The standard InChI is InChI=1S/C11H22O3/c1-7-6-9(14-11(3,4)5)13-8(2)10(7)12/h7-10,12H,6H2,1-5H3/i7T. The van der Waals surface area contributed by atoms with Crippen molar-refractivity contribution in [1.82, 2.24) is 0 Å². The van der Waals surface area contributed by atoms with Crippen LogP contribution in [0, 0.1) is 5.89 Å². The second-order valence-corrected chi connectivity index (χ2v) is 5.00. The Morgan fingerprint density at radius 1 is 1.43 bits per heavy atom. The summed E-state index contributed by atoms with van der Waals surface area (Å²) in [7, 11) is 0. The molecule has 0 aromatic rings. The van der Waals surface area contributed by atoms with E-state index in [2.05, 4.69) is 0 Å². The second kappa shape index (κ2) is 4.17. The van der Waals surface area contributed by atoms with Crippen LogP contribution in [0.3, 0.4) is 0 Å². The average Bonchev–Trinajstić information content (AvgIpc) is 1.95. The predicted octanol–water partition coefficient (Wildman–Crippen LogP) is 1.93. The molecule has 0 aromatic carbocycles. The minimum Gasteiger partial charge on any atom is -0.390 e. The molecule has 1 fully saturated rings. The fraction of sp³-hybridized carbons (Fsp3) is 1.00. The van der Waals surface area contributed by atoms with Crippen LogP contribution in [0.15, 0.2) is 0 Å². The van der Waals surface area contributed by atoms with E-state index in [1.165, 1.54) is 0 Å². The van der Waals surface area contributed by atoms with E-state index < -0.39 is 18.3 Å². The number of hydrogen-bond donors (Lipinski definition) is 1. The number of ether oxygens (including phenoxy) is 2. The molecule has 3 nitrogen and oxygen atoms in total. The average molecular weight is 204 g/mol. The van der Waals surface area contributed by atoms with Gasteiger partial charge >= 0.3 is 0 Å². The molecule has 4 unspecified atom stereocenters. The van der Waals surface area contributed by atoms with Crippen LogP contribution in [-0.4, -0.2) is 29.2 Å². The summed E-state index contributed by atoms with van der Waals surface area (Å²) in [5.74, 6) is -0.895. The van der Waals surface area contributed by atoms with Gasteiger partial charge in [0.1, 0.15) is 0 Å². The lowest BCUT2D eigenvalue weighted by Gasteiger charge is -2.38. The van der Waals surface area contributed by atoms with Crippen molar-refractivity contribution in [2.75, 3.05) is 0 Å². The molecule has 1 aliphatic rings. The van der Waals surface area contributed by atoms with Gasteiger partial charge in [0.05, 0.1) is 17.8 Å². The molecule has 4 atom stereocenters. The van der Waals surface area contributed by atoms with Crippen LogP contribution in [0.2, 0.25) is 0 Å². The minimum atomic E-state index is -0.895. The Kier molecular flexibility index (Phi) is 3.10. The summed E-state index contributed by atoms with van der Waals surface area (Å²) in [6.45, 7) is 9.35. The summed E-state index contributed by atoms with van der Waals surface area (Å²) in [6.07, 6.45) is -1.10. The van der Waals surface area contributed by atoms with Gasteiger partial charge < -0.3 is 14.6 Å². The van der Waals surface area contributed by atoms with Gasteiger partial charge in [0, 0.05) is 7.79 Å². The largest absolute Gasteiger partial charge is 0.390 e. The fourth-order valence-corrected chi connectivity index (χ4v) is 1.61. The van der Waals surface area contributed by atoms with Crippen LogP contribution in [0.5, 0.6) is 0 Å². The molecule has 1 N–H and O–H groups in total. The van der Waals surface area contributed by atoms with E-state index in [0.717, 1.165) is 0 Å². The SMILES string of the molecule is [3H]C1(C)CC(OC(C)(C)C)OC(C)C1O. The molecule has 0 bridgehead atoms. The third-order valence-corrected chi connectivity index (χ3v) is 2.29. The van der Waals surface area contributed by atoms with Crippen molar-refractivity contribution in [2.45, 2.75) is 65.1 Å². The second-order valence-electron chi connectivity index (χ2n) is 5.00. The molecule has 1 aliphatic heterocycles. The monoisotopic (exact) mass is 204 g/mol. The number of aliphatic hydroxyl groups is 1. The first-order valence-electron chi connectivity index (χ1n) is 5.63. The first-order chi connectivity index (χ1) is 6.62. The van der Waals surface area contributed by atoms with Gasteiger partial charge in [-0.2, -0.15) is 0 Å². The normalized spacial score (nSPS) is 46.1. The zero-order valence-corrected chi connectivity index (χ0v) is 9.70.